The second-order valence-electron chi connectivity index (χ2n) is 3.28. The van der Waals surface area contributed by atoms with Crippen molar-refractivity contribution >= 4 is 12.4 Å². The van der Waals surface area contributed by atoms with Crippen molar-refractivity contribution in [2.24, 2.45) is 5.73 Å². The molecule has 0 saturated carbocycles. The third kappa shape index (κ3) is 3.24. The lowest BCUT2D eigenvalue weighted by Crippen LogP contribution is -2.19. The maximum atomic E-state index is 12.3. The molecule has 4 heteroatoms. The van der Waals surface area contributed by atoms with Gasteiger partial charge in [0.1, 0.15) is 0 Å². The van der Waals surface area contributed by atoms with Gasteiger partial charge in [-0.3, -0.25) is 0 Å². The third-order valence-electron chi connectivity index (χ3n) is 1.90. The van der Waals surface area contributed by atoms with Gasteiger partial charge in [-0.05, 0) is 19.4 Å². The predicted molar refractivity (Wildman–Crippen MR) is 56.1 cm³/mol. The Kier molecular flexibility index (Phi) is 5.02. The highest BCUT2D eigenvalue weighted by atomic mass is 35.5. The highest BCUT2D eigenvalue weighted by molar-refractivity contribution is 5.85. The summed E-state index contributed by atoms with van der Waals surface area (Å²) in [6.45, 7) is 3.74. The summed E-state index contributed by atoms with van der Waals surface area (Å²) in [5, 5.41) is 0. The van der Waals surface area contributed by atoms with Crippen LogP contribution in [0.15, 0.2) is 18.2 Å². The van der Waals surface area contributed by atoms with E-state index in [9.17, 15) is 8.78 Å². The normalized spacial score (nSPS) is 12.4. The molecule has 0 saturated heterocycles. The zero-order chi connectivity index (χ0) is 10.0. The summed E-state index contributed by atoms with van der Waals surface area (Å²) < 4.78 is 24.5. The summed E-state index contributed by atoms with van der Waals surface area (Å²) in [7, 11) is 0. The third-order valence-corrected chi connectivity index (χ3v) is 1.90. The highest BCUT2D eigenvalue weighted by Gasteiger charge is 2.17. The average molecular weight is 222 g/mol. The van der Waals surface area contributed by atoms with Gasteiger partial charge in [-0.2, -0.15) is 0 Å². The Morgan fingerprint density at radius 1 is 1.07 bits per heavy atom. The van der Waals surface area contributed by atoms with Gasteiger partial charge in [0.2, 0.25) is 0 Å². The van der Waals surface area contributed by atoms with Crippen molar-refractivity contribution in [3.63, 3.8) is 0 Å². The molecular formula is C10H14ClF2N. The van der Waals surface area contributed by atoms with Gasteiger partial charge in [-0.25, -0.2) is 8.78 Å². The quantitative estimate of drug-likeness (QED) is 0.817. The van der Waals surface area contributed by atoms with E-state index < -0.39 is 12.5 Å². The topological polar surface area (TPSA) is 26.0 Å². The number of hydrogen-bond donors (Lipinski definition) is 1. The first-order valence-corrected chi connectivity index (χ1v) is 4.12. The minimum atomic E-state index is -2.50. The summed E-state index contributed by atoms with van der Waals surface area (Å²) in [5.41, 5.74) is 7.76. The number of alkyl halides is 2. The van der Waals surface area contributed by atoms with Gasteiger partial charge >= 0.3 is 0 Å². The summed E-state index contributed by atoms with van der Waals surface area (Å²) in [6, 6.07) is 4.16. The fourth-order valence-electron chi connectivity index (χ4n) is 1.35. The van der Waals surface area contributed by atoms with Crippen molar-refractivity contribution in [2.45, 2.75) is 26.3 Å². The monoisotopic (exact) mass is 221 g/mol. The highest BCUT2D eigenvalue weighted by Crippen LogP contribution is 2.20. The molecule has 1 atom stereocenters. The lowest BCUT2D eigenvalue weighted by Gasteiger charge is -2.12. The van der Waals surface area contributed by atoms with Crippen LogP contribution in [0, 0.1) is 13.8 Å². The van der Waals surface area contributed by atoms with Crippen LogP contribution in [0.4, 0.5) is 8.78 Å². The van der Waals surface area contributed by atoms with Crippen molar-refractivity contribution in [3.05, 3.63) is 34.9 Å². The predicted octanol–water partition coefficient (Wildman–Crippen LogP) is 2.99. The molecule has 1 aromatic carbocycles. The smallest absolute Gasteiger partial charge is 0.257 e. The molecule has 0 spiro atoms. The zero-order valence-corrected chi connectivity index (χ0v) is 8.94. The van der Waals surface area contributed by atoms with E-state index in [2.05, 4.69) is 0 Å². The molecule has 0 aliphatic carbocycles. The molecule has 0 fully saturated rings. The minimum Gasteiger partial charge on any atom is -0.319 e. The van der Waals surface area contributed by atoms with Crippen LogP contribution in [-0.4, -0.2) is 6.43 Å². The minimum absolute atomic E-state index is 0. The van der Waals surface area contributed by atoms with Crippen molar-refractivity contribution in [2.75, 3.05) is 0 Å². The van der Waals surface area contributed by atoms with Gasteiger partial charge in [0.15, 0.2) is 0 Å². The van der Waals surface area contributed by atoms with Crippen LogP contribution in [0.25, 0.3) is 0 Å². The zero-order valence-electron chi connectivity index (χ0n) is 8.13. The van der Waals surface area contributed by atoms with Crippen LogP contribution in [-0.2, 0) is 0 Å². The molecule has 0 unspecified atom stereocenters. The Hall–Kier alpha value is -0.670. The van der Waals surface area contributed by atoms with E-state index in [1.165, 1.54) is 0 Å². The molecule has 0 bridgehead atoms. The molecule has 0 aliphatic rings. The molecule has 2 N–H and O–H groups in total. The van der Waals surface area contributed by atoms with Gasteiger partial charge < -0.3 is 5.73 Å². The largest absolute Gasteiger partial charge is 0.319 e. The Bertz CT molecular complexity index is 282. The second kappa shape index (κ2) is 5.27. The van der Waals surface area contributed by atoms with Crippen LogP contribution in [0.3, 0.4) is 0 Å². The molecule has 80 valence electrons. The van der Waals surface area contributed by atoms with E-state index in [1.54, 1.807) is 12.1 Å². The Labute approximate surface area is 88.7 Å². The fraction of sp³-hybridized carbons (Fsp3) is 0.400. The maximum Gasteiger partial charge on any atom is 0.257 e. The standard InChI is InChI=1S/C10H13F2N.ClH/c1-6-3-7(2)5-8(4-6)9(13)10(11)12;/h3-5,9-10H,13H2,1-2H3;1H/t9-;/m1./s1. The number of halogens is 3. The van der Waals surface area contributed by atoms with E-state index in [0.29, 0.717) is 5.56 Å². The number of nitrogens with two attached hydrogens (primary N) is 1. The van der Waals surface area contributed by atoms with Crippen LogP contribution in [0.5, 0.6) is 0 Å². The lowest BCUT2D eigenvalue weighted by molar-refractivity contribution is 0.116. The number of benzene rings is 1. The van der Waals surface area contributed by atoms with Crippen molar-refractivity contribution in [1.29, 1.82) is 0 Å². The molecular weight excluding hydrogens is 208 g/mol. The number of aryl methyl sites for hydroxylation is 2. The molecule has 0 radical (unpaired) electrons. The second-order valence-corrected chi connectivity index (χ2v) is 3.28. The fourth-order valence-corrected chi connectivity index (χ4v) is 1.35. The van der Waals surface area contributed by atoms with Crippen molar-refractivity contribution in [1.82, 2.24) is 0 Å². The Morgan fingerprint density at radius 3 is 1.86 bits per heavy atom. The van der Waals surface area contributed by atoms with Gasteiger partial charge in [0.05, 0.1) is 6.04 Å². The SMILES string of the molecule is Cc1cc(C)cc([C@@H](N)C(F)F)c1.Cl. The van der Waals surface area contributed by atoms with Gasteiger partial charge in [-0.1, -0.05) is 29.3 Å². The van der Waals surface area contributed by atoms with E-state index in [0.717, 1.165) is 11.1 Å². The van der Waals surface area contributed by atoms with Crippen LogP contribution < -0.4 is 5.73 Å². The average Bonchev–Trinajstić information content (AvgIpc) is 2.01. The molecule has 14 heavy (non-hydrogen) atoms. The summed E-state index contributed by atoms with van der Waals surface area (Å²) >= 11 is 0. The number of hydrogen-bond acceptors (Lipinski definition) is 1. The summed E-state index contributed by atoms with van der Waals surface area (Å²) in [6.07, 6.45) is -2.50. The lowest BCUT2D eigenvalue weighted by atomic mass is 10.0. The molecule has 1 rings (SSSR count). The van der Waals surface area contributed by atoms with Crippen LogP contribution in [0.2, 0.25) is 0 Å². The van der Waals surface area contributed by atoms with E-state index in [4.69, 9.17) is 5.73 Å². The summed E-state index contributed by atoms with van der Waals surface area (Å²) in [5.74, 6) is 0. The van der Waals surface area contributed by atoms with Crippen molar-refractivity contribution in [3.8, 4) is 0 Å². The Morgan fingerprint density at radius 2 is 1.50 bits per heavy atom. The van der Waals surface area contributed by atoms with E-state index in [-0.39, 0.29) is 12.4 Å². The molecule has 1 aromatic rings. The van der Waals surface area contributed by atoms with Crippen LogP contribution >= 0.6 is 12.4 Å². The van der Waals surface area contributed by atoms with Crippen LogP contribution in [0.1, 0.15) is 22.7 Å². The molecule has 0 amide bonds. The molecule has 0 heterocycles. The molecule has 0 aromatic heterocycles. The van der Waals surface area contributed by atoms with E-state index in [1.807, 2.05) is 19.9 Å². The van der Waals surface area contributed by atoms with Gasteiger partial charge in [-0.15, -0.1) is 12.4 Å². The Balaban J connectivity index is 0.00000169. The van der Waals surface area contributed by atoms with Gasteiger partial charge in [0.25, 0.3) is 6.43 Å². The first-order chi connectivity index (χ1) is 6.00. The first-order valence-electron chi connectivity index (χ1n) is 4.12. The van der Waals surface area contributed by atoms with Gasteiger partial charge in [0, 0.05) is 0 Å². The molecule has 0 aliphatic heterocycles. The first kappa shape index (κ1) is 13.3. The van der Waals surface area contributed by atoms with Crippen molar-refractivity contribution < 1.29 is 8.78 Å². The number of rotatable bonds is 2. The van der Waals surface area contributed by atoms with E-state index >= 15 is 0 Å². The molecule has 1 nitrogen and oxygen atoms in total. The maximum absolute atomic E-state index is 12.3. The summed E-state index contributed by atoms with van der Waals surface area (Å²) in [4.78, 5) is 0.